The molecule has 1 saturated heterocycles. The lowest BCUT2D eigenvalue weighted by molar-refractivity contribution is -0.308. The Bertz CT molecular complexity index is 866. The van der Waals surface area contributed by atoms with Crippen LogP contribution in [0, 0.1) is 11.3 Å². The molecule has 1 aromatic carbocycles. The molecule has 1 aliphatic rings. The van der Waals surface area contributed by atoms with Crippen LogP contribution in [-0.2, 0) is 19.1 Å². The molecule has 0 aromatic heterocycles. The molecular weight excluding hydrogens is 418 g/mol. The molecule has 2 rings (SSSR count). The van der Waals surface area contributed by atoms with Crippen molar-refractivity contribution in [3.63, 3.8) is 0 Å². The molecular formula is C21H26N5O6-. The minimum Gasteiger partial charge on any atom is -0.548 e. The number of nitriles is 1. The number of carboxylic acids is 1. The first-order valence-electron chi connectivity index (χ1n) is 10.3. The Morgan fingerprint density at radius 3 is 2.56 bits per heavy atom. The summed E-state index contributed by atoms with van der Waals surface area (Å²) in [5.41, 5.74) is 1.32. The van der Waals surface area contributed by atoms with Crippen molar-refractivity contribution in [3.8, 4) is 6.07 Å². The standard InChI is InChI=1S/C21H27N5O6/c1-2-3-10-32-21(31)24-17(20(29)30)12-23-18(27)13-26-9-8-25(14-19(26)28)16-6-4-15(11-22)5-7-16/h4-7,17H,2-3,8-10,12-14H2,1H3,(H,23,27)(H,24,31)(H,29,30)/p-1. The van der Waals surface area contributed by atoms with Gasteiger partial charge in [-0.25, -0.2) is 4.79 Å². The maximum atomic E-state index is 12.4. The van der Waals surface area contributed by atoms with Crippen molar-refractivity contribution in [2.24, 2.45) is 0 Å². The minimum atomic E-state index is -1.56. The van der Waals surface area contributed by atoms with Crippen LogP contribution in [0.3, 0.4) is 0 Å². The molecule has 0 spiro atoms. The van der Waals surface area contributed by atoms with Crippen LogP contribution in [0.1, 0.15) is 25.3 Å². The first kappa shape index (κ1) is 24.5. The molecule has 0 bridgehead atoms. The maximum Gasteiger partial charge on any atom is 0.407 e. The molecule has 1 aliphatic heterocycles. The Morgan fingerprint density at radius 1 is 1.25 bits per heavy atom. The van der Waals surface area contributed by atoms with Crippen molar-refractivity contribution in [1.29, 1.82) is 5.26 Å². The Morgan fingerprint density at radius 2 is 1.97 bits per heavy atom. The Hall–Kier alpha value is -3.81. The van der Waals surface area contributed by atoms with Crippen LogP contribution in [0.15, 0.2) is 24.3 Å². The van der Waals surface area contributed by atoms with Gasteiger partial charge in [0.1, 0.15) is 0 Å². The van der Waals surface area contributed by atoms with Gasteiger partial charge in [-0.3, -0.25) is 9.59 Å². The van der Waals surface area contributed by atoms with Crippen LogP contribution in [0.5, 0.6) is 0 Å². The van der Waals surface area contributed by atoms with Crippen molar-refractivity contribution in [2.45, 2.75) is 25.8 Å². The van der Waals surface area contributed by atoms with Gasteiger partial charge in [-0.05, 0) is 30.7 Å². The highest BCUT2D eigenvalue weighted by Crippen LogP contribution is 2.17. The number of unbranched alkanes of at least 4 members (excludes halogenated alkanes) is 1. The Labute approximate surface area is 185 Å². The Balaban J connectivity index is 1.79. The van der Waals surface area contributed by atoms with E-state index in [4.69, 9.17) is 10.00 Å². The molecule has 0 aliphatic carbocycles. The number of amides is 3. The van der Waals surface area contributed by atoms with Crippen molar-refractivity contribution in [2.75, 3.05) is 44.2 Å². The van der Waals surface area contributed by atoms with E-state index in [1.165, 1.54) is 4.90 Å². The monoisotopic (exact) mass is 444 g/mol. The number of ether oxygens (including phenoxy) is 1. The molecule has 1 heterocycles. The van der Waals surface area contributed by atoms with Gasteiger partial charge in [0.2, 0.25) is 11.8 Å². The molecule has 11 heteroatoms. The number of benzene rings is 1. The van der Waals surface area contributed by atoms with Gasteiger partial charge in [-0.2, -0.15) is 5.26 Å². The van der Waals surface area contributed by atoms with Gasteiger partial charge < -0.3 is 35.1 Å². The number of carbonyl (C=O) groups is 4. The molecule has 1 aromatic rings. The fourth-order valence-electron chi connectivity index (χ4n) is 2.97. The molecule has 172 valence electrons. The zero-order valence-electron chi connectivity index (χ0n) is 17.8. The number of anilines is 1. The second kappa shape index (κ2) is 12.1. The molecule has 32 heavy (non-hydrogen) atoms. The number of aliphatic carboxylic acids is 1. The van der Waals surface area contributed by atoms with Crippen LogP contribution in [-0.4, -0.2) is 74.1 Å². The summed E-state index contributed by atoms with van der Waals surface area (Å²) in [6.45, 7) is 2.32. The number of carboxylic acid groups (broad SMARTS) is 1. The molecule has 1 unspecified atom stereocenters. The van der Waals surface area contributed by atoms with E-state index in [0.717, 1.165) is 12.1 Å². The van der Waals surface area contributed by atoms with E-state index in [9.17, 15) is 24.3 Å². The summed E-state index contributed by atoms with van der Waals surface area (Å²) in [4.78, 5) is 50.7. The highest BCUT2D eigenvalue weighted by molar-refractivity contribution is 5.88. The number of piperazine rings is 1. The lowest BCUT2D eigenvalue weighted by Gasteiger charge is -2.35. The van der Waals surface area contributed by atoms with E-state index in [1.807, 2.05) is 17.9 Å². The summed E-state index contributed by atoms with van der Waals surface area (Å²) in [5.74, 6) is -2.38. The number of rotatable bonds is 10. The van der Waals surface area contributed by atoms with E-state index in [-0.39, 0.29) is 25.6 Å². The van der Waals surface area contributed by atoms with Gasteiger partial charge in [0.25, 0.3) is 0 Å². The summed E-state index contributed by atoms with van der Waals surface area (Å²) in [6, 6.07) is 7.43. The minimum absolute atomic E-state index is 0.0754. The zero-order chi connectivity index (χ0) is 23.5. The van der Waals surface area contributed by atoms with E-state index in [0.29, 0.717) is 25.1 Å². The van der Waals surface area contributed by atoms with Crippen LogP contribution < -0.4 is 20.6 Å². The number of carbonyl (C=O) groups excluding carboxylic acids is 4. The molecule has 2 N–H and O–H groups in total. The average molecular weight is 444 g/mol. The highest BCUT2D eigenvalue weighted by Gasteiger charge is 2.26. The number of hydrogen-bond acceptors (Lipinski definition) is 8. The molecule has 0 radical (unpaired) electrons. The van der Waals surface area contributed by atoms with Crippen LogP contribution in [0.25, 0.3) is 0 Å². The predicted molar refractivity (Wildman–Crippen MR) is 111 cm³/mol. The lowest BCUT2D eigenvalue weighted by Crippen LogP contribution is -2.56. The van der Waals surface area contributed by atoms with E-state index in [1.54, 1.807) is 24.3 Å². The van der Waals surface area contributed by atoms with E-state index < -0.39 is 30.6 Å². The van der Waals surface area contributed by atoms with E-state index >= 15 is 0 Å². The molecule has 11 nitrogen and oxygen atoms in total. The van der Waals surface area contributed by atoms with Gasteiger partial charge >= 0.3 is 6.09 Å². The van der Waals surface area contributed by atoms with Gasteiger partial charge in [0, 0.05) is 25.3 Å². The van der Waals surface area contributed by atoms with Crippen molar-refractivity contribution in [3.05, 3.63) is 29.8 Å². The largest absolute Gasteiger partial charge is 0.548 e. The Kier molecular flexibility index (Phi) is 9.28. The second-order valence-corrected chi connectivity index (χ2v) is 7.21. The number of alkyl carbamates (subject to hydrolysis) is 1. The third kappa shape index (κ3) is 7.46. The molecule has 1 fully saturated rings. The van der Waals surface area contributed by atoms with E-state index in [2.05, 4.69) is 10.6 Å². The summed E-state index contributed by atoms with van der Waals surface area (Å²) in [6.07, 6.45) is 0.552. The lowest BCUT2D eigenvalue weighted by atomic mass is 10.2. The number of nitrogens with zero attached hydrogens (tertiary/aromatic N) is 3. The summed E-state index contributed by atoms with van der Waals surface area (Å²) in [7, 11) is 0. The summed E-state index contributed by atoms with van der Waals surface area (Å²) < 4.78 is 4.84. The third-order valence-electron chi connectivity index (χ3n) is 4.83. The molecule has 1 atom stereocenters. The summed E-state index contributed by atoms with van der Waals surface area (Å²) in [5, 5.41) is 24.6. The zero-order valence-corrected chi connectivity index (χ0v) is 17.8. The third-order valence-corrected chi connectivity index (χ3v) is 4.83. The van der Waals surface area contributed by atoms with Crippen molar-refractivity contribution in [1.82, 2.24) is 15.5 Å². The fourth-order valence-corrected chi connectivity index (χ4v) is 2.97. The van der Waals surface area contributed by atoms with Crippen LogP contribution in [0.4, 0.5) is 10.5 Å². The van der Waals surface area contributed by atoms with Gasteiger partial charge in [-0.15, -0.1) is 0 Å². The quantitative estimate of drug-likeness (QED) is 0.434. The van der Waals surface area contributed by atoms with Crippen LogP contribution in [0.2, 0.25) is 0 Å². The first-order valence-corrected chi connectivity index (χ1v) is 10.3. The van der Waals surface area contributed by atoms with Gasteiger partial charge in [0.15, 0.2) is 0 Å². The van der Waals surface area contributed by atoms with Crippen molar-refractivity contribution >= 4 is 29.6 Å². The van der Waals surface area contributed by atoms with Crippen LogP contribution >= 0.6 is 0 Å². The van der Waals surface area contributed by atoms with Gasteiger partial charge in [0.05, 0.1) is 43.3 Å². The summed E-state index contributed by atoms with van der Waals surface area (Å²) >= 11 is 0. The fraction of sp³-hybridized carbons (Fsp3) is 0.476. The number of hydrogen-bond donors (Lipinski definition) is 2. The smallest absolute Gasteiger partial charge is 0.407 e. The molecule has 0 saturated carbocycles. The SMILES string of the molecule is CCCCOC(=O)NC(CNC(=O)CN1CCN(c2ccc(C#N)cc2)CC1=O)C(=O)[O-]. The number of nitrogens with one attached hydrogen (secondary N) is 2. The normalized spacial score (nSPS) is 14.3. The first-order chi connectivity index (χ1) is 15.3. The van der Waals surface area contributed by atoms with Crippen molar-refractivity contribution < 1.29 is 29.0 Å². The molecule has 3 amide bonds. The topological polar surface area (TPSA) is 155 Å². The van der Waals surface area contributed by atoms with Gasteiger partial charge in [-0.1, -0.05) is 13.3 Å². The average Bonchev–Trinajstić information content (AvgIpc) is 2.78. The maximum absolute atomic E-state index is 12.4. The highest BCUT2D eigenvalue weighted by atomic mass is 16.5. The second-order valence-electron chi connectivity index (χ2n) is 7.21. The predicted octanol–water partition coefficient (Wildman–Crippen LogP) is -1.03.